The van der Waals surface area contributed by atoms with Crippen LogP contribution in [0.2, 0.25) is 0 Å². The Balaban J connectivity index is 2.31. The first-order chi connectivity index (χ1) is 8.63. The second kappa shape index (κ2) is 7.62. The Bertz CT molecular complexity index is 382. The van der Waals surface area contributed by atoms with Crippen molar-refractivity contribution in [2.75, 3.05) is 25.2 Å². The average Bonchev–Trinajstić information content (AvgIpc) is 2.37. The Labute approximate surface area is 107 Å². The van der Waals surface area contributed by atoms with Gasteiger partial charge in [-0.25, -0.2) is 10.8 Å². The van der Waals surface area contributed by atoms with Crippen LogP contribution >= 0.6 is 0 Å². The molecule has 4 N–H and O–H groups in total. The number of aromatic nitrogens is 1. The summed E-state index contributed by atoms with van der Waals surface area (Å²) in [6, 6.07) is 3.22. The van der Waals surface area contributed by atoms with Gasteiger partial charge in [0.2, 0.25) is 0 Å². The van der Waals surface area contributed by atoms with E-state index < -0.39 is 0 Å². The third kappa shape index (κ3) is 5.11. The zero-order valence-electron chi connectivity index (χ0n) is 10.8. The minimum atomic E-state index is -0.165. The molecule has 1 aromatic heterocycles. The van der Waals surface area contributed by atoms with Gasteiger partial charge in [-0.05, 0) is 18.1 Å². The lowest BCUT2D eigenvalue weighted by Gasteiger charge is -2.08. The monoisotopic (exact) mass is 252 g/mol. The van der Waals surface area contributed by atoms with Gasteiger partial charge < -0.3 is 15.5 Å². The largest absolute Gasteiger partial charge is 0.379 e. The number of hydrazine groups is 1. The molecule has 1 aromatic rings. The lowest BCUT2D eigenvalue weighted by molar-refractivity contribution is 0.0886. The number of nitrogens with one attached hydrogen (secondary N) is 2. The maximum atomic E-state index is 11.7. The molecule has 1 rings (SSSR count). The Morgan fingerprint density at radius 2 is 2.33 bits per heavy atom. The average molecular weight is 252 g/mol. The van der Waals surface area contributed by atoms with Crippen LogP contribution in [-0.4, -0.2) is 30.6 Å². The van der Waals surface area contributed by atoms with Gasteiger partial charge in [-0.3, -0.25) is 4.79 Å². The maximum Gasteiger partial charge on any atom is 0.251 e. The number of rotatable bonds is 7. The summed E-state index contributed by atoms with van der Waals surface area (Å²) in [4.78, 5) is 15.7. The van der Waals surface area contributed by atoms with Gasteiger partial charge in [0.05, 0.1) is 6.61 Å². The predicted octanol–water partition coefficient (Wildman–Crippen LogP) is 0.770. The molecule has 0 unspecified atom stereocenters. The number of hydrogen-bond acceptors (Lipinski definition) is 5. The van der Waals surface area contributed by atoms with Crippen molar-refractivity contribution in [3.63, 3.8) is 0 Å². The van der Waals surface area contributed by atoms with Crippen LogP contribution in [0.5, 0.6) is 0 Å². The molecule has 0 atom stereocenters. The molecule has 18 heavy (non-hydrogen) atoms. The Morgan fingerprint density at radius 3 is 3.00 bits per heavy atom. The normalized spacial score (nSPS) is 10.4. The number of ether oxygens (including phenoxy) is 1. The highest BCUT2D eigenvalue weighted by molar-refractivity contribution is 5.94. The molecule has 6 nitrogen and oxygen atoms in total. The molecule has 100 valence electrons. The van der Waals surface area contributed by atoms with Gasteiger partial charge in [0.1, 0.15) is 5.82 Å². The second-order valence-corrected chi connectivity index (χ2v) is 4.30. The van der Waals surface area contributed by atoms with Gasteiger partial charge in [0.15, 0.2) is 0 Å². The number of anilines is 1. The van der Waals surface area contributed by atoms with Crippen molar-refractivity contribution in [1.29, 1.82) is 0 Å². The molecular formula is C12H20N4O2. The molecule has 0 bridgehead atoms. The second-order valence-electron chi connectivity index (χ2n) is 4.30. The van der Waals surface area contributed by atoms with Crippen LogP contribution in [0.4, 0.5) is 5.82 Å². The zero-order valence-corrected chi connectivity index (χ0v) is 10.8. The van der Waals surface area contributed by atoms with E-state index in [9.17, 15) is 4.79 Å². The van der Waals surface area contributed by atoms with E-state index in [1.807, 2.05) is 0 Å². The highest BCUT2D eigenvalue weighted by Crippen LogP contribution is 2.04. The molecule has 0 aliphatic rings. The zero-order chi connectivity index (χ0) is 13.4. The van der Waals surface area contributed by atoms with E-state index in [2.05, 4.69) is 29.6 Å². The summed E-state index contributed by atoms with van der Waals surface area (Å²) in [6.45, 7) is 5.86. The van der Waals surface area contributed by atoms with Crippen molar-refractivity contribution >= 4 is 11.7 Å². The number of nitrogen functional groups attached to an aromatic ring is 1. The van der Waals surface area contributed by atoms with Gasteiger partial charge in [0.25, 0.3) is 5.91 Å². The van der Waals surface area contributed by atoms with Gasteiger partial charge in [-0.2, -0.15) is 0 Å². The Morgan fingerprint density at radius 1 is 1.56 bits per heavy atom. The van der Waals surface area contributed by atoms with E-state index in [4.69, 9.17) is 10.6 Å². The van der Waals surface area contributed by atoms with Gasteiger partial charge >= 0.3 is 0 Å². The first-order valence-corrected chi connectivity index (χ1v) is 5.92. The fourth-order valence-corrected chi connectivity index (χ4v) is 1.31. The number of carbonyl (C=O) groups excluding carboxylic acids is 1. The van der Waals surface area contributed by atoms with Crippen LogP contribution in [0, 0.1) is 5.92 Å². The number of carbonyl (C=O) groups is 1. The van der Waals surface area contributed by atoms with E-state index in [-0.39, 0.29) is 5.91 Å². The topological polar surface area (TPSA) is 89.3 Å². The lowest BCUT2D eigenvalue weighted by atomic mass is 10.2. The van der Waals surface area contributed by atoms with Gasteiger partial charge in [-0.15, -0.1) is 0 Å². The van der Waals surface area contributed by atoms with Crippen molar-refractivity contribution in [1.82, 2.24) is 10.3 Å². The third-order valence-electron chi connectivity index (χ3n) is 2.15. The molecule has 0 aliphatic heterocycles. The van der Waals surface area contributed by atoms with Gasteiger partial charge in [-0.1, -0.05) is 13.8 Å². The van der Waals surface area contributed by atoms with Crippen LogP contribution in [-0.2, 0) is 4.74 Å². The van der Waals surface area contributed by atoms with Crippen LogP contribution in [0.3, 0.4) is 0 Å². The number of nitrogens with zero attached hydrogens (tertiary/aromatic N) is 1. The summed E-state index contributed by atoms with van der Waals surface area (Å²) in [7, 11) is 0. The molecule has 0 fully saturated rings. The van der Waals surface area contributed by atoms with Crippen molar-refractivity contribution in [3.8, 4) is 0 Å². The minimum Gasteiger partial charge on any atom is -0.379 e. The first-order valence-electron chi connectivity index (χ1n) is 5.92. The smallest absolute Gasteiger partial charge is 0.251 e. The molecule has 0 aromatic carbocycles. The summed E-state index contributed by atoms with van der Waals surface area (Å²) in [6.07, 6.45) is 1.53. The first kappa shape index (κ1) is 14.4. The molecular weight excluding hydrogens is 232 g/mol. The summed E-state index contributed by atoms with van der Waals surface area (Å²) in [5, 5.41) is 2.76. The Hall–Kier alpha value is -1.66. The van der Waals surface area contributed by atoms with Crippen molar-refractivity contribution in [3.05, 3.63) is 23.9 Å². The van der Waals surface area contributed by atoms with Crippen LogP contribution < -0.4 is 16.6 Å². The summed E-state index contributed by atoms with van der Waals surface area (Å²) in [5.41, 5.74) is 2.91. The quantitative estimate of drug-likeness (QED) is 0.379. The summed E-state index contributed by atoms with van der Waals surface area (Å²) >= 11 is 0. The summed E-state index contributed by atoms with van der Waals surface area (Å²) in [5.74, 6) is 6.01. The number of nitrogens with two attached hydrogens (primary N) is 1. The number of amides is 1. The lowest BCUT2D eigenvalue weighted by Crippen LogP contribution is -2.27. The van der Waals surface area contributed by atoms with E-state index in [1.165, 1.54) is 6.20 Å². The molecule has 0 saturated carbocycles. The molecule has 1 heterocycles. The SMILES string of the molecule is CC(C)COCCNC(=O)c1ccnc(NN)c1. The third-order valence-corrected chi connectivity index (χ3v) is 2.15. The molecule has 6 heteroatoms. The number of pyridine rings is 1. The van der Waals surface area contributed by atoms with E-state index in [1.54, 1.807) is 12.1 Å². The molecule has 0 saturated heterocycles. The molecule has 0 aliphatic carbocycles. The molecule has 0 spiro atoms. The maximum absolute atomic E-state index is 11.7. The van der Waals surface area contributed by atoms with Gasteiger partial charge in [0, 0.05) is 24.9 Å². The van der Waals surface area contributed by atoms with Crippen molar-refractivity contribution in [2.24, 2.45) is 11.8 Å². The highest BCUT2D eigenvalue weighted by atomic mass is 16.5. The van der Waals surface area contributed by atoms with Crippen LogP contribution in [0.25, 0.3) is 0 Å². The van der Waals surface area contributed by atoms with E-state index >= 15 is 0 Å². The van der Waals surface area contributed by atoms with Crippen molar-refractivity contribution in [2.45, 2.75) is 13.8 Å². The van der Waals surface area contributed by atoms with Crippen molar-refractivity contribution < 1.29 is 9.53 Å². The fourth-order valence-electron chi connectivity index (χ4n) is 1.31. The predicted molar refractivity (Wildman–Crippen MR) is 70.0 cm³/mol. The van der Waals surface area contributed by atoms with E-state index in [0.717, 1.165) is 0 Å². The van der Waals surface area contributed by atoms with Crippen LogP contribution in [0.15, 0.2) is 18.3 Å². The number of hydrogen-bond donors (Lipinski definition) is 3. The standard InChI is InChI=1S/C12H20N4O2/c1-9(2)8-18-6-5-15-12(17)10-3-4-14-11(7-10)16-13/h3-4,7,9H,5-6,8,13H2,1-2H3,(H,14,16)(H,15,17). The fraction of sp³-hybridized carbons (Fsp3) is 0.500. The molecule has 1 amide bonds. The minimum absolute atomic E-state index is 0.165. The van der Waals surface area contributed by atoms with E-state index in [0.29, 0.717) is 37.1 Å². The molecule has 0 radical (unpaired) electrons. The van der Waals surface area contributed by atoms with Crippen LogP contribution in [0.1, 0.15) is 24.2 Å². The Kier molecular flexibility index (Phi) is 6.10. The summed E-state index contributed by atoms with van der Waals surface area (Å²) < 4.78 is 5.37. The highest BCUT2D eigenvalue weighted by Gasteiger charge is 2.05.